The van der Waals surface area contributed by atoms with Crippen molar-refractivity contribution in [2.24, 2.45) is 4.99 Å². The summed E-state index contributed by atoms with van der Waals surface area (Å²) in [4.78, 5) is 18.9. The standard InChI is InChI=1S/C45H32N6/c1-3-4-18-36(46-2)38-28-32(29-39(49-38)37-19-10-11-25-47-37)51-42-22-13-26-48-45(42)35-24-23-30(27-43(35)51)33-17-12-21-41-44(33)34-16-8-9-20-40(34)50(41)31-14-6-5-7-15-31/h3-29H,2H2,1H3/b4-3-,36-18-. The third-order valence-electron chi connectivity index (χ3n) is 9.42. The molecule has 0 bridgehead atoms. The van der Waals surface area contributed by atoms with E-state index < -0.39 is 0 Å². The highest BCUT2D eigenvalue weighted by atomic mass is 15.0. The van der Waals surface area contributed by atoms with Crippen molar-refractivity contribution in [3.63, 3.8) is 0 Å². The summed E-state index contributed by atoms with van der Waals surface area (Å²) >= 11 is 0. The number of benzene rings is 4. The van der Waals surface area contributed by atoms with Crippen molar-refractivity contribution in [1.82, 2.24) is 24.1 Å². The van der Waals surface area contributed by atoms with Crippen LogP contribution in [0.2, 0.25) is 0 Å². The Morgan fingerprint density at radius 3 is 2.25 bits per heavy atom. The first-order valence-electron chi connectivity index (χ1n) is 16.9. The van der Waals surface area contributed by atoms with Crippen LogP contribution in [0.1, 0.15) is 12.6 Å². The molecule has 6 heteroatoms. The van der Waals surface area contributed by atoms with Crippen LogP contribution in [0, 0.1) is 0 Å². The first-order chi connectivity index (χ1) is 25.2. The third kappa shape index (κ3) is 5.04. The summed E-state index contributed by atoms with van der Waals surface area (Å²) in [6.45, 7) is 5.85. The molecule has 0 aliphatic carbocycles. The Hall–Kier alpha value is -6.92. The Bertz CT molecular complexity index is 2820. The van der Waals surface area contributed by atoms with E-state index in [2.05, 4.69) is 135 Å². The molecule has 242 valence electrons. The van der Waals surface area contributed by atoms with E-state index in [1.807, 2.05) is 55.6 Å². The monoisotopic (exact) mass is 656 g/mol. The number of aromatic nitrogens is 5. The number of hydrogen-bond donors (Lipinski definition) is 0. The summed E-state index contributed by atoms with van der Waals surface area (Å²) in [6.07, 6.45) is 9.49. The van der Waals surface area contributed by atoms with Gasteiger partial charge in [0.05, 0.1) is 56.0 Å². The van der Waals surface area contributed by atoms with Crippen molar-refractivity contribution in [2.45, 2.75) is 6.92 Å². The fraction of sp³-hybridized carbons (Fsp3) is 0.0222. The topological polar surface area (TPSA) is 60.9 Å². The lowest BCUT2D eigenvalue weighted by Gasteiger charge is -2.13. The molecule has 0 radical (unpaired) electrons. The molecule has 0 aliphatic rings. The summed E-state index contributed by atoms with van der Waals surface area (Å²) in [5.74, 6) is 0. The summed E-state index contributed by atoms with van der Waals surface area (Å²) in [6, 6.07) is 46.7. The van der Waals surface area contributed by atoms with Gasteiger partial charge in [-0.2, -0.15) is 0 Å². The Morgan fingerprint density at radius 2 is 1.41 bits per heavy atom. The average molecular weight is 657 g/mol. The Morgan fingerprint density at radius 1 is 0.627 bits per heavy atom. The van der Waals surface area contributed by atoms with Crippen LogP contribution in [0.25, 0.3) is 83.3 Å². The van der Waals surface area contributed by atoms with Gasteiger partial charge in [-0.3, -0.25) is 15.0 Å². The molecule has 0 unspecified atom stereocenters. The lowest BCUT2D eigenvalue weighted by molar-refractivity contribution is 1.13. The maximum absolute atomic E-state index is 5.02. The van der Waals surface area contributed by atoms with E-state index >= 15 is 0 Å². The van der Waals surface area contributed by atoms with E-state index in [1.54, 1.807) is 6.20 Å². The van der Waals surface area contributed by atoms with Crippen molar-refractivity contribution >= 4 is 56.2 Å². The van der Waals surface area contributed by atoms with E-state index in [0.717, 1.165) is 50.3 Å². The van der Waals surface area contributed by atoms with Gasteiger partial charge in [0, 0.05) is 34.2 Å². The quantitative estimate of drug-likeness (QED) is 0.127. The van der Waals surface area contributed by atoms with Gasteiger partial charge in [0.1, 0.15) is 0 Å². The molecule has 0 N–H and O–H groups in total. The molecular weight excluding hydrogens is 625 g/mol. The normalized spacial score (nSPS) is 12.1. The molecule has 5 aromatic heterocycles. The molecule has 0 amide bonds. The SMILES string of the molecule is C=N/C(=C\C=C/C)c1cc(-n2c3cc(-c4cccc5c4c4ccccc4n5-c4ccccc4)ccc3c3ncccc32)cc(-c2ccccn2)n1. The molecule has 0 saturated heterocycles. The van der Waals surface area contributed by atoms with Gasteiger partial charge >= 0.3 is 0 Å². The number of nitrogens with zero attached hydrogens (tertiary/aromatic N) is 6. The third-order valence-corrected chi connectivity index (χ3v) is 9.42. The Labute approximate surface area is 295 Å². The average Bonchev–Trinajstić information content (AvgIpc) is 3.71. The van der Waals surface area contributed by atoms with Crippen LogP contribution in [0.5, 0.6) is 0 Å². The smallest absolute Gasteiger partial charge is 0.0963 e. The van der Waals surface area contributed by atoms with Gasteiger partial charge in [-0.05, 0) is 104 Å². The first kappa shape index (κ1) is 30.2. The Balaban J connectivity index is 1.33. The lowest BCUT2D eigenvalue weighted by Crippen LogP contribution is -2.00. The highest BCUT2D eigenvalue weighted by Gasteiger charge is 2.20. The van der Waals surface area contributed by atoms with Crippen molar-refractivity contribution in [1.29, 1.82) is 0 Å². The van der Waals surface area contributed by atoms with Crippen LogP contribution in [-0.2, 0) is 0 Å². The van der Waals surface area contributed by atoms with Crippen LogP contribution >= 0.6 is 0 Å². The van der Waals surface area contributed by atoms with Crippen LogP contribution in [0.4, 0.5) is 0 Å². The zero-order valence-corrected chi connectivity index (χ0v) is 28.0. The largest absolute Gasteiger partial charge is 0.309 e. The predicted octanol–water partition coefficient (Wildman–Crippen LogP) is 11.0. The minimum atomic E-state index is 0.674. The summed E-state index contributed by atoms with van der Waals surface area (Å²) < 4.78 is 4.64. The van der Waals surface area contributed by atoms with Crippen LogP contribution in [-0.4, -0.2) is 30.8 Å². The highest BCUT2D eigenvalue weighted by Crippen LogP contribution is 2.41. The number of hydrogen-bond acceptors (Lipinski definition) is 4. The second-order valence-electron chi connectivity index (χ2n) is 12.4. The van der Waals surface area contributed by atoms with Crippen molar-refractivity contribution in [2.75, 3.05) is 0 Å². The predicted molar refractivity (Wildman–Crippen MR) is 212 cm³/mol. The fourth-order valence-corrected chi connectivity index (χ4v) is 7.22. The van der Waals surface area contributed by atoms with E-state index in [1.165, 1.54) is 27.4 Å². The van der Waals surface area contributed by atoms with Crippen LogP contribution in [0.15, 0.2) is 169 Å². The minimum absolute atomic E-state index is 0.674. The molecule has 5 heterocycles. The number of rotatable bonds is 7. The molecule has 0 atom stereocenters. The maximum atomic E-state index is 5.02. The molecule has 0 aliphatic heterocycles. The maximum Gasteiger partial charge on any atom is 0.0963 e. The molecule has 0 spiro atoms. The van der Waals surface area contributed by atoms with Gasteiger partial charge in [-0.25, -0.2) is 4.98 Å². The second kappa shape index (κ2) is 12.5. The molecule has 4 aromatic carbocycles. The number of pyridine rings is 3. The van der Waals surface area contributed by atoms with E-state index in [-0.39, 0.29) is 0 Å². The molecular formula is C45H32N6. The lowest BCUT2D eigenvalue weighted by atomic mass is 9.98. The van der Waals surface area contributed by atoms with Gasteiger partial charge in [0.25, 0.3) is 0 Å². The van der Waals surface area contributed by atoms with Gasteiger partial charge in [-0.1, -0.05) is 72.8 Å². The molecule has 51 heavy (non-hydrogen) atoms. The van der Waals surface area contributed by atoms with Gasteiger partial charge < -0.3 is 9.13 Å². The van der Waals surface area contributed by atoms with Crippen LogP contribution in [0.3, 0.4) is 0 Å². The molecule has 6 nitrogen and oxygen atoms in total. The van der Waals surface area contributed by atoms with Crippen LogP contribution < -0.4 is 0 Å². The van der Waals surface area contributed by atoms with Crippen molar-refractivity contribution < 1.29 is 0 Å². The minimum Gasteiger partial charge on any atom is -0.309 e. The number of allylic oxidation sites excluding steroid dienone is 3. The van der Waals surface area contributed by atoms with Crippen molar-refractivity contribution in [3.8, 4) is 33.9 Å². The molecule has 0 fully saturated rings. The summed E-state index contributed by atoms with van der Waals surface area (Å²) in [5.41, 5.74) is 12.6. The first-order valence-corrected chi connectivity index (χ1v) is 16.9. The van der Waals surface area contributed by atoms with Gasteiger partial charge in [0.15, 0.2) is 0 Å². The van der Waals surface area contributed by atoms with Gasteiger partial charge in [-0.15, -0.1) is 0 Å². The zero-order valence-electron chi connectivity index (χ0n) is 28.0. The molecule has 0 saturated carbocycles. The van der Waals surface area contributed by atoms with E-state index in [0.29, 0.717) is 11.4 Å². The van der Waals surface area contributed by atoms with Crippen molar-refractivity contribution in [3.05, 3.63) is 170 Å². The summed E-state index contributed by atoms with van der Waals surface area (Å²) in [5, 5.41) is 3.50. The summed E-state index contributed by atoms with van der Waals surface area (Å²) in [7, 11) is 0. The zero-order chi connectivity index (χ0) is 34.3. The van der Waals surface area contributed by atoms with E-state index in [9.17, 15) is 0 Å². The number of aliphatic imine (C=N–C) groups is 1. The Kier molecular flexibility index (Phi) is 7.40. The number of fused-ring (bicyclic) bond motifs is 6. The second-order valence-corrected chi connectivity index (χ2v) is 12.4. The van der Waals surface area contributed by atoms with E-state index in [4.69, 9.17) is 9.97 Å². The molecule has 9 rings (SSSR count). The molecule has 9 aromatic rings. The number of para-hydroxylation sites is 2. The fourth-order valence-electron chi connectivity index (χ4n) is 7.22. The van der Waals surface area contributed by atoms with Gasteiger partial charge in [0.2, 0.25) is 0 Å². The highest BCUT2D eigenvalue weighted by molar-refractivity contribution is 6.17.